The first-order chi connectivity index (χ1) is 13.3. The van der Waals surface area contributed by atoms with Crippen molar-refractivity contribution < 1.29 is 24.0 Å². The molecule has 0 amide bonds. The third kappa shape index (κ3) is 3.61. The highest BCUT2D eigenvalue weighted by atomic mass is 79.9. The number of hydrogen-bond donors (Lipinski definition) is 0. The molecule has 144 valence electrons. The van der Waals surface area contributed by atoms with Crippen LogP contribution in [0.1, 0.15) is 24.3 Å². The van der Waals surface area contributed by atoms with Crippen LogP contribution >= 0.6 is 15.9 Å². The van der Waals surface area contributed by atoms with E-state index in [4.69, 9.17) is 9.47 Å². The summed E-state index contributed by atoms with van der Waals surface area (Å²) in [5, 5.41) is 11.5. The molecule has 0 aliphatic carbocycles. The predicted molar refractivity (Wildman–Crippen MR) is 105 cm³/mol. The van der Waals surface area contributed by atoms with E-state index in [9.17, 15) is 19.7 Å². The van der Waals surface area contributed by atoms with Gasteiger partial charge in [-0.3, -0.25) is 14.9 Å². The fourth-order valence-corrected chi connectivity index (χ4v) is 3.22. The van der Waals surface area contributed by atoms with Gasteiger partial charge in [0.1, 0.15) is 0 Å². The van der Waals surface area contributed by atoms with Crippen molar-refractivity contribution in [3.8, 4) is 11.4 Å². The zero-order valence-corrected chi connectivity index (χ0v) is 16.6. The highest BCUT2D eigenvalue weighted by Crippen LogP contribution is 2.38. The second-order valence-corrected chi connectivity index (χ2v) is 6.68. The van der Waals surface area contributed by atoms with Crippen LogP contribution in [-0.2, 0) is 9.53 Å². The maximum atomic E-state index is 12.7. The monoisotopic (exact) mass is 446 g/mol. The first kappa shape index (κ1) is 19.6. The van der Waals surface area contributed by atoms with Gasteiger partial charge in [0.25, 0.3) is 5.69 Å². The van der Waals surface area contributed by atoms with Crippen LogP contribution in [0.3, 0.4) is 0 Å². The van der Waals surface area contributed by atoms with Crippen molar-refractivity contribution in [2.75, 3.05) is 6.61 Å². The highest BCUT2D eigenvalue weighted by molar-refractivity contribution is 9.10. The number of esters is 2. The fraction of sp³-hybridized carbons (Fsp3) is 0.158. The molecule has 0 atom stereocenters. The molecule has 2 aromatic carbocycles. The first-order valence-electron chi connectivity index (χ1n) is 8.27. The lowest BCUT2D eigenvalue weighted by Gasteiger charge is -2.11. The van der Waals surface area contributed by atoms with Gasteiger partial charge in [-0.25, -0.2) is 4.79 Å². The number of fused-ring (bicyclic) bond motifs is 1. The minimum Gasteiger partial charge on any atom is -0.461 e. The Balaban J connectivity index is 2.35. The summed E-state index contributed by atoms with van der Waals surface area (Å²) in [5.41, 5.74) is 1.01. The van der Waals surface area contributed by atoms with E-state index in [1.165, 1.54) is 31.2 Å². The van der Waals surface area contributed by atoms with Gasteiger partial charge in [0, 0.05) is 34.6 Å². The average Bonchev–Trinajstić information content (AvgIpc) is 2.95. The molecule has 0 saturated heterocycles. The third-order valence-corrected chi connectivity index (χ3v) is 4.41. The standard InChI is InChI=1S/C19H15BrN2O6/c1-3-27-19(24)17-18(28-11(2)23)15-10-12(20)4-9-16(15)21(17)13-5-7-14(8-6-13)22(25)26/h4-10H,3H2,1-2H3. The van der Waals surface area contributed by atoms with Gasteiger partial charge in [-0.1, -0.05) is 15.9 Å². The number of rotatable bonds is 5. The number of halogens is 1. The number of nitro groups is 1. The summed E-state index contributed by atoms with van der Waals surface area (Å²) in [6, 6.07) is 10.9. The van der Waals surface area contributed by atoms with Gasteiger partial charge in [0.05, 0.1) is 17.0 Å². The van der Waals surface area contributed by atoms with Gasteiger partial charge < -0.3 is 14.0 Å². The lowest BCUT2D eigenvalue weighted by molar-refractivity contribution is -0.384. The summed E-state index contributed by atoms with van der Waals surface area (Å²) in [4.78, 5) is 34.8. The molecule has 0 bridgehead atoms. The van der Waals surface area contributed by atoms with Crippen LogP contribution in [0.15, 0.2) is 46.9 Å². The van der Waals surface area contributed by atoms with Crippen LogP contribution in [0, 0.1) is 10.1 Å². The van der Waals surface area contributed by atoms with Crippen molar-refractivity contribution in [2.24, 2.45) is 0 Å². The summed E-state index contributed by atoms with van der Waals surface area (Å²) in [5.74, 6) is -1.20. The summed E-state index contributed by atoms with van der Waals surface area (Å²) in [7, 11) is 0. The second kappa shape index (κ2) is 7.81. The molecule has 0 unspecified atom stereocenters. The smallest absolute Gasteiger partial charge is 0.359 e. The van der Waals surface area contributed by atoms with E-state index >= 15 is 0 Å². The Hall–Kier alpha value is -3.20. The molecule has 28 heavy (non-hydrogen) atoms. The van der Waals surface area contributed by atoms with Crippen LogP contribution in [0.5, 0.6) is 5.75 Å². The average molecular weight is 447 g/mol. The number of aromatic nitrogens is 1. The molecule has 0 aliphatic heterocycles. The molecule has 3 rings (SSSR count). The lowest BCUT2D eigenvalue weighted by atomic mass is 10.2. The van der Waals surface area contributed by atoms with E-state index in [1.807, 2.05) is 0 Å². The van der Waals surface area contributed by atoms with Crippen LogP contribution in [0.4, 0.5) is 5.69 Å². The van der Waals surface area contributed by atoms with E-state index in [-0.39, 0.29) is 23.7 Å². The summed E-state index contributed by atoms with van der Waals surface area (Å²) in [6.45, 7) is 3.03. The number of carbonyl (C=O) groups excluding carboxylic acids is 2. The molecule has 8 nitrogen and oxygen atoms in total. The maximum absolute atomic E-state index is 12.7. The molecular weight excluding hydrogens is 432 g/mol. The van der Waals surface area contributed by atoms with Gasteiger partial charge >= 0.3 is 11.9 Å². The van der Waals surface area contributed by atoms with E-state index < -0.39 is 16.9 Å². The Labute approximate surface area is 167 Å². The maximum Gasteiger partial charge on any atom is 0.359 e. The van der Waals surface area contributed by atoms with Crippen molar-refractivity contribution in [3.05, 3.63) is 62.7 Å². The topological polar surface area (TPSA) is 101 Å². The van der Waals surface area contributed by atoms with Gasteiger partial charge in [0.2, 0.25) is 0 Å². The summed E-state index contributed by atoms with van der Waals surface area (Å²) in [6.07, 6.45) is 0. The molecule has 0 fully saturated rings. The molecular formula is C19H15BrN2O6. The number of hydrogen-bond acceptors (Lipinski definition) is 6. The number of benzene rings is 2. The minimum atomic E-state index is -0.676. The normalized spacial score (nSPS) is 10.7. The van der Waals surface area contributed by atoms with Crippen LogP contribution in [-0.4, -0.2) is 28.0 Å². The second-order valence-electron chi connectivity index (χ2n) is 5.76. The number of ether oxygens (including phenoxy) is 2. The number of carbonyl (C=O) groups is 2. The number of nitro benzene ring substituents is 1. The molecule has 1 aromatic heterocycles. The Bertz CT molecular complexity index is 1090. The van der Waals surface area contributed by atoms with Gasteiger partial charge in [-0.05, 0) is 37.3 Å². The zero-order valence-electron chi connectivity index (χ0n) is 15.0. The van der Waals surface area contributed by atoms with Crippen molar-refractivity contribution in [2.45, 2.75) is 13.8 Å². The largest absolute Gasteiger partial charge is 0.461 e. The van der Waals surface area contributed by atoms with Gasteiger partial charge in [-0.2, -0.15) is 0 Å². The summed E-state index contributed by atoms with van der Waals surface area (Å²) < 4.78 is 12.8. The molecule has 0 radical (unpaired) electrons. The molecule has 0 spiro atoms. The first-order valence-corrected chi connectivity index (χ1v) is 9.07. The zero-order chi connectivity index (χ0) is 20.4. The molecule has 9 heteroatoms. The lowest BCUT2D eigenvalue weighted by Crippen LogP contribution is -2.14. The van der Waals surface area contributed by atoms with E-state index in [1.54, 1.807) is 29.7 Å². The van der Waals surface area contributed by atoms with Crippen molar-refractivity contribution in [1.82, 2.24) is 4.57 Å². The SMILES string of the molecule is CCOC(=O)c1c(OC(C)=O)c2cc(Br)ccc2n1-c1ccc([N+](=O)[O-])cc1. The van der Waals surface area contributed by atoms with Gasteiger partial charge in [-0.15, -0.1) is 0 Å². The fourth-order valence-electron chi connectivity index (χ4n) is 2.86. The van der Waals surface area contributed by atoms with Crippen LogP contribution < -0.4 is 4.74 Å². The van der Waals surface area contributed by atoms with Crippen LogP contribution in [0.25, 0.3) is 16.6 Å². The molecule has 3 aromatic rings. The Morgan fingerprint density at radius 1 is 1.18 bits per heavy atom. The molecule has 0 saturated carbocycles. The molecule has 0 aliphatic rings. The van der Waals surface area contributed by atoms with Gasteiger partial charge in [0.15, 0.2) is 11.4 Å². The van der Waals surface area contributed by atoms with E-state index in [0.717, 1.165) is 4.47 Å². The Kier molecular flexibility index (Phi) is 5.46. The quantitative estimate of drug-likeness (QED) is 0.327. The molecule has 1 heterocycles. The van der Waals surface area contributed by atoms with Crippen LogP contribution in [0.2, 0.25) is 0 Å². The number of nitrogens with zero attached hydrogens (tertiary/aromatic N) is 2. The highest BCUT2D eigenvalue weighted by Gasteiger charge is 2.27. The van der Waals surface area contributed by atoms with E-state index in [0.29, 0.717) is 16.6 Å². The Morgan fingerprint density at radius 2 is 1.86 bits per heavy atom. The Morgan fingerprint density at radius 3 is 2.43 bits per heavy atom. The van der Waals surface area contributed by atoms with Crippen molar-refractivity contribution >= 4 is 44.5 Å². The van der Waals surface area contributed by atoms with Crippen molar-refractivity contribution in [3.63, 3.8) is 0 Å². The third-order valence-electron chi connectivity index (χ3n) is 3.92. The minimum absolute atomic E-state index is 0.0269. The molecule has 0 N–H and O–H groups in total. The summed E-state index contributed by atoms with van der Waals surface area (Å²) >= 11 is 3.38. The van der Waals surface area contributed by atoms with E-state index in [2.05, 4.69) is 15.9 Å². The predicted octanol–water partition coefficient (Wildman–Crippen LogP) is 4.40. The number of non-ortho nitro benzene ring substituents is 1. The van der Waals surface area contributed by atoms with Crippen molar-refractivity contribution in [1.29, 1.82) is 0 Å².